The number of aromatic amines is 1. The number of likely N-dealkylation sites (N-methyl/N-ethyl adjacent to an activating group) is 1. The van der Waals surface area contributed by atoms with Gasteiger partial charge in [0.25, 0.3) is 11.8 Å². The second-order valence-electron chi connectivity index (χ2n) is 19.8. The van der Waals surface area contributed by atoms with Gasteiger partial charge in [0.2, 0.25) is 35.4 Å². The molecule has 8 amide bonds. The number of amides is 8. The van der Waals surface area contributed by atoms with Crippen molar-refractivity contribution in [2.24, 2.45) is 5.73 Å². The van der Waals surface area contributed by atoms with E-state index >= 15 is 0 Å². The lowest BCUT2D eigenvalue weighted by molar-refractivity contribution is -0.144. The van der Waals surface area contributed by atoms with E-state index in [4.69, 9.17) is 5.73 Å². The number of benzene rings is 2. The smallest absolute Gasteiger partial charge is 0.370 e. The van der Waals surface area contributed by atoms with Crippen molar-refractivity contribution in [3.8, 4) is 0 Å². The fourth-order valence-electron chi connectivity index (χ4n) is 10.5. The van der Waals surface area contributed by atoms with E-state index in [1.807, 2.05) is 17.0 Å². The topological polar surface area (TPSA) is 294 Å². The molecular weight excluding hydrogens is 972 g/mol. The highest BCUT2D eigenvalue weighted by molar-refractivity contribution is 7.52. The maximum atomic E-state index is 14.4. The second-order valence-corrected chi connectivity index (χ2v) is 21.4. The van der Waals surface area contributed by atoms with Crippen LogP contribution in [0, 0.1) is 0 Å². The molecule has 396 valence electrons. The van der Waals surface area contributed by atoms with Gasteiger partial charge in [0.05, 0.1) is 0 Å². The van der Waals surface area contributed by atoms with E-state index in [1.165, 1.54) is 11.0 Å². The summed E-state index contributed by atoms with van der Waals surface area (Å²) < 4.78 is 40.3. The zero-order valence-corrected chi connectivity index (χ0v) is 41.9. The van der Waals surface area contributed by atoms with Crippen molar-refractivity contribution in [1.82, 2.24) is 41.0 Å². The highest BCUT2D eigenvalue weighted by atomic mass is 31.2. The Morgan fingerprint density at radius 1 is 0.918 bits per heavy atom. The number of carbonyl (C=O) groups excluding carboxylic acids is 8. The van der Waals surface area contributed by atoms with Crippen LogP contribution in [0.25, 0.3) is 10.9 Å². The number of piperidine rings is 1. The summed E-state index contributed by atoms with van der Waals surface area (Å²) in [6.45, 7) is 1.33. The number of nitrogens with one attached hydrogen (secondary N) is 5. The molecule has 0 aliphatic carbocycles. The highest BCUT2D eigenvalue weighted by Crippen LogP contribution is 2.59. The summed E-state index contributed by atoms with van der Waals surface area (Å²) in [5.41, 5.74) is 2.87. The van der Waals surface area contributed by atoms with Crippen LogP contribution < -0.4 is 27.0 Å². The van der Waals surface area contributed by atoms with Gasteiger partial charge in [-0.05, 0) is 100 Å². The minimum absolute atomic E-state index is 0.0557. The molecule has 3 fully saturated rings. The number of nitrogens with zero attached hydrogens (tertiary/aromatic N) is 3. The summed E-state index contributed by atoms with van der Waals surface area (Å²) in [5, 5.41) is 10.8. The Kier molecular flexibility index (Phi) is 17.9. The van der Waals surface area contributed by atoms with E-state index in [0.29, 0.717) is 50.9 Å². The van der Waals surface area contributed by atoms with Crippen LogP contribution in [-0.2, 0) is 52.0 Å². The summed E-state index contributed by atoms with van der Waals surface area (Å²) in [6, 6.07) is 5.61. The lowest BCUT2D eigenvalue weighted by Gasteiger charge is -2.37. The molecule has 0 spiro atoms. The molecule has 3 aromatic rings. The SMILES string of the molecule is CN1CC[C@H]2CC[C@@H](C(=O)N[C@@H](CCC(N)=O)C(=O)NCCCCCCCCCCCc3cccc4c3CN(C3CCC(=O)NC3=O)C4=O)N2C(=O)[C@@H](NC(=O)c2cc3cc(C(F)(F)P(=O)(O)O)ccc3[nH]2)C1. The molecular formula is C50H66F2N9O11P. The molecule has 4 aliphatic rings. The first kappa shape index (κ1) is 54.7. The molecule has 3 saturated heterocycles. The predicted molar refractivity (Wildman–Crippen MR) is 262 cm³/mol. The van der Waals surface area contributed by atoms with Crippen molar-refractivity contribution in [2.75, 3.05) is 26.7 Å². The molecule has 1 unspecified atom stereocenters. The van der Waals surface area contributed by atoms with Crippen LogP contribution in [0.1, 0.15) is 140 Å². The number of aromatic nitrogens is 1. The summed E-state index contributed by atoms with van der Waals surface area (Å²) in [6.07, 6.45) is 11.3. The molecule has 23 heteroatoms. The zero-order valence-electron chi connectivity index (χ0n) is 41.0. The third-order valence-corrected chi connectivity index (χ3v) is 15.5. The van der Waals surface area contributed by atoms with Crippen molar-refractivity contribution in [3.63, 3.8) is 0 Å². The normalized spacial score (nSPS) is 21.1. The van der Waals surface area contributed by atoms with Crippen molar-refractivity contribution in [1.29, 1.82) is 0 Å². The summed E-state index contributed by atoms with van der Waals surface area (Å²) in [5.74, 6) is -3.91. The van der Waals surface area contributed by atoms with Gasteiger partial charge in [-0.25, -0.2) is 0 Å². The van der Waals surface area contributed by atoms with Gasteiger partial charge in [-0.3, -0.25) is 48.2 Å². The van der Waals surface area contributed by atoms with Crippen LogP contribution in [0.2, 0.25) is 0 Å². The average molecular weight is 1040 g/mol. The number of halogens is 2. The van der Waals surface area contributed by atoms with Crippen molar-refractivity contribution in [2.45, 2.75) is 152 Å². The minimum Gasteiger partial charge on any atom is -0.370 e. The quantitative estimate of drug-likeness (QED) is 0.0384. The van der Waals surface area contributed by atoms with Crippen molar-refractivity contribution < 1.29 is 61.5 Å². The molecule has 0 saturated carbocycles. The number of hydrogen-bond acceptors (Lipinski definition) is 10. The Labute approximate surface area is 421 Å². The lowest BCUT2D eigenvalue weighted by atomic mass is 9.98. The Hall–Kier alpha value is -6.09. The number of H-pyrrole nitrogens is 1. The van der Waals surface area contributed by atoms with Crippen LogP contribution >= 0.6 is 7.60 Å². The second kappa shape index (κ2) is 23.8. The van der Waals surface area contributed by atoms with E-state index in [2.05, 4.69) is 26.3 Å². The first-order valence-corrected chi connectivity index (χ1v) is 26.8. The monoisotopic (exact) mass is 1040 g/mol. The van der Waals surface area contributed by atoms with Crippen LogP contribution in [0.5, 0.6) is 0 Å². The van der Waals surface area contributed by atoms with Gasteiger partial charge >= 0.3 is 13.3 Å². The van der Waals surface area contributed by atoms with Gasteiger partial charge in [-0.1, -0.05) is 63.1 Å². The molecule has 7 rings (SSSR count). The molecule has 73 heavy (non-hydrogen) atoms. The number of rotatable bonds is 23. The number of aryl methyl sites for hydroxylation is 1. The fraction of sp³-hybridized carbons (Fsp3) is 0.560. The number of primary amides is 1. The molecule has 4 aliphatic heterocycles. The molecule has 20 nitrogen and oxygen atoms in total. The van der Waals surface area contributed by atoms with Gasteiger partial charge in [0, 0.05) is 60.5 Å². The van der Waals surface area contributed by atoms with Crippen LogP contribution in [-0.4, -0.2) is 134 Å². The van der Waals surface area contributed by atoms with Crippen molar-refractivity contribution >= 4 is 65.8 Å². The average Bonchev–Trinajstić information content (AvgIpc) is 4.06. The van der Waals surface area contributed by atoms with E-state index in [1.54, 1.807) is 18.0 Å². The van der Waals surface area contributed by atoms with Crippen molar-refractivity contribution in [3.05, 3.63) is 70.4 Å². The van der Waals surface area contributed by atoms with E-state index in [0.717, 1.165) is 87.1 Å². The number of carbonyl (C=O) groups is 8. The predicted octanol–water partition coefficient (Wildman–Crippen LogP) is 3.57. The number of unbranched alkanes of at least 4 members (excludes halogenated alkanes) is 8. The number of hydrogen-bond donors (Lipinski definition) is 8. The standard InChI is InChI=1S/C50H66F2N9O11P/c1-59-25-23-33-16-19-41(61(33)49(69)39(29-59)57-45(65)38-27-31-26-32(15-17-36(31)55-38)50(51,52)73(70,71)72)47(67)56-37(18-21-42(53)62)44(64)54-24-10-8-6-4-2-3-5-7-9-12-30-13-11-14-34-35(30)28-60(48(34)68)40-20-22-43(63)58-46(40)66/h11,13-15,17,26-27,33,37,39-41,55H,2-10,12,16,18-25,28-29H2,1H3,(H2,53,62)(H,54,64)(H,56,67)(H,57,65)(H,58,63,66)(H2,70,71,72)/t33-,37+,39+,40?,41+/m1/s1. The van der Waals surface area contributed by atoms with Gasteiger partial charge in [0.15, 0.2) is 0 Å². The van der Waals surface area contributed by atoms with E-state index < -0.39 is 78.4 Å². The van der Waals surface area contributed by atoms with E-state index in [-0.39, 0.29) is 66.7 Å². The Bertz CT molecular complexity index is 2640. The maximum absolute atomic E-state index is 14.4. The number of fused-ring (bicyclic) bond motifs is 3. The number of nitrogens with two attached hydrogens (primary N) is 1. The van der Waals surface area contributed by atoms with Gasteiger partial charge < -0.3 is 51.2 Å². The van der Waals surface area contributed by atoms with Crippen LogP contribution in [0.4, 0.5) is 8.78 Å². The number of imide groups is 1. The largest absolute Gasteiger partial charge is 0.399 e. The Morgan fingerprint density at radius 2 is 1.63 bits per heavy atom. The van der Waals surface area contributed by atoms with Crippen LogP contribution in [0.3, 0.4) is 0 Å². The summed E-state index contributed by atoms with van der Waals surface area (Å²) in [4.78, 5) is 130. The molecule has 1 aromatic heterocycles. The molecule has 2 aromatic carbocycles. The number of alkyl halides is 2. The third kappa shape index (κ3) is 13.2. The maximum Gasteiger partial charge on any atom is 0.399 e. The Balaban J connectivity index is 0.833. The Morgan fingerprint density at radius 3 is 2.33 bits per heavy atom. The van der Waals surface area contributed by atoms with Gasteiger partial charge in [-0.2, -0.15) is 8.78 Å². The lowest BCUT2D eigenvalue weighted by Crippen LogP contribution is -2.61. The van der Waals surface area contributed by atoms with Gasteiger partial charge in [0.1, 0.15) is 29.9 Å². The van der Waals surface area contributed by atoms with Crippen LogP contribution in [0.15, 0.2) is 42.5 Å². The first-order valence-electron chi connectivity index (χ1n) is 25.2. The molecule has 0 radical (unpaired) electrons. The minimum atomic E-state index is -5.84. The zero-order chi connectivity index (χ0) is 52.6. The molecule has 5 atom stereocenters. The fourth-order valence-corrected chi connectivity index (χ4v) is 10.9. The summed E-state index contributed by atoms with van der Waals surface area (Å²) in [7, 11) is -4.06. The molecule has 5 heterocycles. The summed E-state index contributed by atoms with van der Waals surface area (Å²) >= 11 is 0. The molecule has 0 bridgehead atoms. The third-order valence-electron chi connectivity index (χ3n) is 14.5. The molecule has 9 N–H and O–H groups in total. The van der Waals surface area contributed by atoms with E-state index in [9.17, 15) is 61.5 Å². The van der Waals surface area contributed by atoms with Gasteiger partial charge in [-0.15, -0.1) is 0 Å². The highest BCUT2D eigenvalue weighted by Gasteiger charge is 2.51. The first-order chi connectivity index (χ1) is 34.7.